The molecule has 0 atom stereocenters. The number of hydrogen-bond donors (Lipinski definition) is 0. The van der Waals surface area contributed by atoms with Crippen LogP contribution in [0.2, 0.25) is 0 Å². The number of fused-ring (bicyclic) bond motifs is 3. The van der Waals surface area contributed by atoms with Gasteiger partial charge in [-0.05, 0) is 110 Å². The van der Waals surface area contributed by atoms with Gasteiger partial charge in [0.1, 0.15) is 0 Å². The van der Waals surface area contributed by atoms with Gasteiger partial charge >= 0.3 is 0 Å². The highest BCUT2D eigenvalue weighted by molar-refractivity contribution is 6.11. The first-order valence-electron chi connectivity index (χ1n) is 23.3. The molecule has 11 aromatic carbocycles. The van der Waals surface area contributed by atoms with Crippen LogP contribution in [0.1, 0.15) is 0 Å². The maximum atomic E-state index is 2.49. The van der Waals surface area contributed by atoms with Crippen LogP contribution in [-0.2, 0) is 0 Å². The summed E-state index contributed by atoms with van der Waals surface area (Å²) in [5, 5.41) is 2.43. The van der Waals surface area contributed by atoms with E-state index in [0.29, 0.717) is 0 Å². The third kappa shape index (κ3) is 7.45. The van der Waals surface area contributed by atoms with Crippen molar-refractivity contribution < 1.29 is 0 Å². The fourth-order valence-electron chi connectivity index (χ4n) is 10.1. The molecule has 0 fully saturated rings. The Bertz CT molecular complexity index is 3710. The average Bonchev–Trinajstić information content (AvgIpc) is 3.76. The first-order valence-corrected chi connectivity index (χ1v) is 23.3. The molecule has 1 heterocycles. The Morgan fingerprint density at radius 3 is 1.28 bits per heavy atom. The van der Waals surface area contributed by atoms with E-state index in [4.69, 9.17) is 0 Å². The molecule has 0 saturated carbocycles. The van der Waals surface area contributed by atoms with Crippen molar-refractivity contribution >= 4 is 38.9 Å². The van der Waals surface area contributed by atoms with E-state index in [-0.39, 0.29) is 0 Å². The Labute approximate surface area is 397 Å². The molecule has 0 spiro atoms. The molecule has 1 aromatic heterocycles. The van der Waals surface area contributed by atoms with Crippen LogP contribution in [-0.4, -0.2) is 4.57 Å². The van der Waals surface area contributed by atoms with Crippen LogP contribution >= 0.6 is 0 Å². The lowest BCUT2D eigenvalue weighted by molar-refractivity contribution is 1.18. The van der Waals surface area contributed by atoms with Crippen molar-refractivity contribution in [2.75, 3.05) is 4.90 Å². The van der Waals surface area contributed by atoms with Gasteiger partial charge in [-0.25, -0.2) is 0 Å². The summed E-state index contributed by atoms with van der Waals surface area (Å²) >= 11 is 0. The molecule has 0 radical (unpaired) electrons. The van der Waals surface area contributed by atoms with Crippen molar-refractivity contribution in [3.8, 4) is 72.4 Å². The SMILES string of the molecule is c1ccc(-c2ccc(-c3ccccc3)c(N(c3ccc(-c4ccccc4-c4ccccc4)c(-c4ccccc4-c4ccccc4)c3)c3ccc4c5ccccc5n(-c5ccccc5)c4c3)c2)cc1. The van der Waals surface area contributed by atoms with E-state index in [1.807, 2.05) is 0 Å². The summed E-state index contributed by atoms with van der Waals surface area (Å²) in [5.74, 6) is 0. The normalized spacial score (nSPS) is 11.2. The highest BCUT2D eigenvalue weighted by atomic mass is 15.1. The molecule has 0 unspecified atom stereocenters. The van der Waals surface area contributed by atoms with Gasteiger partial charge in [0.25, 0.3) is 0 Å². The van der Waals surface area contributed by atoms with Gasteiger partial charge in [-0.1, -0.05) is 231 Å². The molecule has 0 amide bonds. The second kappa shape index (κ2) is 17.8. The number of nitrogens with zero attached hydrogens (tertiary/aromatic N) is 2. The fourth-order valence-corrected chi connectivity index (χ4v) is 10.1. The Morgan fingerprint density at radius 1 is 0.235 bits per heavy atom. The van der Waals surface area contributed by atoms with E-state index in [1.54, 1.807) is 0 Å². The smallest absolute Gasteiger partial charge is 0.0561 e. The summed E-state index contributed by atoms with van der Waals surface area (Å²) < 4.78 is 2.41. The second-order valence-electron chi connectivity index (χ2n) is 17.2. The van der Waals surface area contributed by atoms with Crippen molar-refractivity contribution in [2.24, 2.45) is 0 Å². The number of para-hydroxylation sites is 2. The predicted octanol–water partition coefficient (Wildman–Crippen LogP) is 18.3. The van der Waals surface area contributed by atoms with Crippen LogP contribution in [0.15, 0.2) is 279 Å². The first-order chi connectivity index (χ1) is 33.8. The predicted molar refractivity (Wildman–Crippen MR) is 288 cm³/mol. The lowest BCUT2D eigenvalue weighted by atomic mass is 9.86. The van der Waals surface area contributed by atoms with E-state index < -0.39 is 0 Å². The number of aromatic nitrogens is 1. The van der Waals surface area contributed by atoms with Crippen LogP contribution in [0.4, 0.5) is 17.1 Å². The Morgan fingerprint density at radius 2 is 0.662 bits per heavy atom. The zero-order chi connectivity index (χ0) is 45.2. The minimum absolute atomic E-state index is 1.05. The van der Waals surface area contributed by atoms with Crippen LogP contribution < -0.4 is 4.90 Å². The van der Waals surface area contributed by atoms with Gasteiger partial charge in [0, 0.05) is 33.4 Å². The molecule has 320 valence electrons. The van der Waals surface area contributed by atoms with Crippen LogP contribution in [0.3, 0.4) is 0 Å². The van der Waals surface area contributed by atoms with E-state index in [9.17, 15) is 0 Å². The third-order valence-electron chi connectivity index (χ3n) is 13.2. The van der Waals surface area contributed by atoms with Crippen molar-refractivity contribution in [2.45, 2.75) is 0 Å². The maximum absolute atomic E-state index is 2.49. The number of rotatable bonds is 10. The topological polar surface area (TPSA) is 8.17 Å². The summed E-state index contributed by atoms with van der Waals surface area (Å²) in [6, 6.07) is 101. The molecule has 2 heteroatoms. The quantitative estimate of drug-likeness (QED) is 0.133. The van der Waals surface area contributed by atoms with E-state index in [2.05, 4.69) is 289 Å². The zero-order valence-corrected chi connectivity index (χ0v) is 37.5. The van der Waals surface area contributed by atoms with Crippen molar-refractivity contribution in [1.29, 1.82) is 0 Å². The molecular formula is C66H46N2. The lowest BCUT2D eigenvalue weighted by Gasteiger charge is -2.30. The Hall–Kier alpha value is -8.98. The van der Waals surface area contributed by atoms with Crippen molar-refractivity contribution in [3.63, 3.8) is 0 Å². The molecule has 12 aromatic rings. The Kier molecular flexibility index (Phi) is 10.6. The van der Waals surface area contributed by atoms with Crippen molar-refractivity contribution in [1.82, 2.24) is 4.57 Å². The van der Waals surface area contributed by atoms with Gasteiger partial charge in [-0.2, -0.15) is 0 Å². The number of anilines is 3. The number of benzene rings is 11. The Balaban J connectivity index is 1.18. The minimum Gasteiger partial charge on any atom is -0.310 e. The van der Waals surface area contributed by atoms with Crippen LogP contribution in [0.5, 0.6) is 0 Å². The minimum atomic E-state index is 1.05. The zero-order valence-electron chi connectivity index (χ0n) is 37.5. The highest BCUT2D eigenvalue weighted by Gasteiger charge is 2.24. The standard InChI is InChI=1S/C66H46N2/c1-6-22-47(23-7-1)51-38-41-57(50-28-12-4-13-29-50)65(44-51)67(54-40-43-62-61-36-20-21-37-64(61)68(66(62)46-54)52-30-14-5-15-31-52)53-39-42-60(58-34-18-16-32-55(58)48-24-8-2-9-25-48)63(45-53)59-35-19-17-33-56(59)49-26-10-3-11-27-49/h1-46H. The molecule has 0 saturated heterocycles. The highest BCUT2D eigenvalue weighted by Crippen LogP contribution is 2.49. The second-order valence-corrected chi connectivity index (χ2v) is 17.2. The summed E-state index contributed by atoms with van der Waals surface area (Å²) in [4.78, 5) is 2.49. The van der Waals surface area contributed by atoms with Gasteiger partial charge in [0.2, 0.25) is 0 Å². The molecule has 12 rings (SSSR count). The van der Waals surface area contributed by atoms with Gasteiger partial charge in [-0.3, -0.25) is 0 Å². The molecular weight excluding hydrogens is 821 g/mol. The summed E-state index contributed by atoms with van der Waals surface area (Å²) in [7, 11) is 0. The van der Waals surface area contributed by atoms with Crippen LogP contribution in [0, 0.1) is 0 Å². The summed E-state index contributed by atoms with van der Waals surface area (Å²) in [5.41, 5.74) is 20.6. The van der Waals surface area contributed by atoms with Gasteiger partial charge < -0.3 is 9.47 Å². The van der Waals surface area contributed by atoms with Crippen LogP contribution in [0.25, 0.3) is 94.3 Å². The largest absolute Gasteiger partial charge is 0.310 e. The molecule has 0 N–H and O–H groups in total. The monoisotopic (exact) mass is 866 g/mol. The van der Waals surface area contributed by atoms with Gasteiger partial charge in [-0.15, -0.1) is 0 Å². The molecule has 0 aliphatic heterocycles. The molecule has 0 aliphatic carbocycles. The fraction of sp³-hybridized carbons (Fsp3) is 0. The molecule has 2 nitrogen and oxygen atoms in total. The maximum Gasteiger partial charge on any atom is 0.0561 e. The molecule has 0 aliphatic rings. The number of hydrogen-bond acceptors (Lipinski definition) is 1. The summed E-state index contributed by atoms with van der Waals surface area (Å²) in [6.07, 6.45) is 0. The van der Waals surface area contributed by atoms with E-state index in [1.165, 1.54) is 55.2 Å². The third-order valence-corrected chi connectivity index (χ3v) is 13.2. The van der Waals surface area contributed by atoms with E-state index in [0.717, 1.165) is 56.1 Å². The van der Waals surface area contributed by atoms with Crippen molar-refractivity contribution in [3.05, 3.63) is 279 Å². The lowest BCUT2D eigenvalue weighted by Crippen LogP contribution is -2.12. The molecule has 68 heavy (non-hydrogen) atoms. The van der Waals surface area contributed by atoms with E-state index >= 15 is 0 Å². The summed E-state index contributed by atoms with van der Waals surface area (Å²) in [6.45, 7) is 0. The average molecular weight is 867 g/mol. The van der Waals surface area contributed by atoms with Gasteiger partial charge in [0.15, 0.2) is 0 Å². The van der Waals surface area contributed by atoms with Gasteiger partial charge in [0.05, 0.1) is 16.7 Å². The first kappa shape index (κ1) is 40.5. The molecule has 0 bridgehead atoms.